The third kappa shape index (κ3) is 6.78. The van der Waals surface area contributed by atoms with Crippen molar-refractivity contribution < 1.29 is 19.0 Å². The molecule has 0 bridgehead atoms. The van der Waals surface area contributed by atoms with Crippen molar-refractivity contribution in [1.29, 1.82) is 0 Å². The van der Waals surface area contributed by atoms with Crippen molar-refractivity contribution in [3.8, 4) is 11.5 Å². The Bertz CT molecular complexity index is 1150. The number of phenols is 1. The Balaban J connectivity index is 1.47. The lowest BCUT2D eigenvalue weighted by atomic mass is 9.72. The number of hydrogen-bond acceptors (Lipinski definition) is 5. The molecular formula is C32H43FN2O3. The van der Waals surface area contributed by atoms with Crippen LogP contribution in [0.1, 0.15) is 43.9 Å². The average molecular weight is 523 g/mol. The summed E-state index contributed by atoms with van der Waals surface area (Å²) in [5, 5.41) is 9.89. The number of fused-ring (bicyclic) bond motifs is 1. The number of likely N-dealkylation sites (N-methyl/N-ethyl adjacent to an activating group) is 2. The molecule has 6 heteroatoms. The van der Waals surface area contributed by atoms with Crippen molar-refractivity contribution in [3.63, 3.8) is 0 Å². The number of halogens is 1. The third-order valence-corrected chi connectivity index (χ3v) is 8.24. The minimum atomic E-state index is -0.314. The molecule has 5 nitrogen and oxygen atoms in total. The number of ether oxygens (including phenoxy) is 2. The SMILES string of the molecule is CCN(Cc1ccc(OCCN(C)C(C)C)c(F)c1)C1C=C(OC)C=CC1[C@@H]1CCc2cc(O)ccc2C1. The molecule has 38 heavy (non-hydrogen) atoms. The van der Waals surface area contributed by atoms with Gasteiger partial charge in [0.25, 0.3) is 0 Å². The van der Waals surface area contributed by atoms with E-state index in [9.17, 15) is 9.50 Å². The van der Waals surface area contributed by atoms with Crippen LogP contribution in [0.2, 0.25) is 0 Å². The molecule has 4 rings (SSSR count). The summed E-state index contributed by atoms with van der Waals surface area (Å²) < 4.78 is 26.3. The zero-order chi connectivity index (χ0) is 27.2. The van der Waals surface area contributed by atoms with Crippen LogP contribution in [0.5, 0.6) is 11.5 Å². The van der Waals surface area contributed by atoms with E-state index in [-0.39, 0.29) is 11.9 Å². The molecule has 3 atom stereocenters. The summed E-state index contributed by atoms with van der Waals surface area (Å²) in [5.74, 6) is 2.00. The second-order valence-corrected chi connectivity index (χ2v) is 10.9. The maximum atomic E-state index is 15.0. The van der Waals surface area contributed by atoms with Crippen molar-refractivity contribution in [3.05, 3.63) is 82.9 Å². The van der Waals surface area contributed by atoms with Crippen molar-refractivity contribution >= 4 is 0 Å². The van der Waals surface area contributed by atoms with Crippen molar-refractivity contribution in [2.75, 3.05) is 33.9 Å². The third-order valence-electron chi connectivity index (χ3n) is 8.24. The molecule has 2 aromatic carbocycles. The van der Waals surface area contributed by atoms with Crippen LogP contribution in [-0.2, 0) is 24.1 Å². The molecule has 0 heterocycles. The van der Waals surface area contributed by atoms with E-state index in [1.165, 1.54) is 11.1 Å². The molecule has 2 aromatic rings. The predicted octanol–water partition coefficient (Wildman–Crippen LogP) is 5.96. The molecule has 0 aromatic heterocycles. The van der Waals surface area contributed by atoms with E-state index < -0.39 is 0 Å². The van der Waals surface area contributed by atoms with Gasteiger partial charge < -0.3 is 19.5 Å². The highest BCUT2D eigenvalue weighted by Gasteiger charge is 2.34. The van der Waals surface area contributed by atoms with Gasteiger partial charge in [0.1, 0.15) is 18.1 Å². The quantitative estimate of drug-likeness (QED) is 0.394. The van der Waals surface area contributed by atoms with Crippen LogP contribution in [0.25, 0.3) is 0 Å². The highest BCUT2D eigenvalue weighted by molar-refractivity contribution is 5.37. The summed E-state index contributed by atoms with van der Waals surface area (Å²) in [4.78, 5) is 4.59. The first kappa shape index (κ1) is 28.2. The number of hydrogen-bond donors (Lipinski definition) is 1. The first-order valence-electron chi connectivity index (χ1n) is 13.9. The van der Waals surface area contributed by atoms with Gasteiger partial charge >= 0.3 is 0 Å². The topological polar surface area (TPSA) is 45.2 Å². The number of rotatable bonds is 11. The lowest BCUT2D eigenvalue weighted by Crippen LogP contribution is -2.43. The van der Waals surface area contributed by atoms with Crippen LogP contribution in [0.15, 0.2) is 60.4 Å². The van der Waals surface area contributed by atoms with Crippen molar-refractivity contribution in [2.24, 2.45) is 11.8 Å². The molecule has 0 aliphatic heterocycles. The summed E-state index contributed by atoms with van der Waals surface area (Å²) in [6, 6.07) is 11.7. The average Bonchev–Trinajstić information content (AvgIpc) is 2.92. The number of phenolic OH excluding ortho intramolecular Hbond substituents is 1. The molecule has 0 saturated carbocycles. The normalized spacial score (nSPS) is 21.1. The Morgan fingerprint density at radius 3 is 2.66 bits per heavy atom. The van der Waals surface area contributed by atoms with E-state index in [0.717, 1.165) is 43.7 Å². The molecule has 206 valence electrons. The van der Waals surface area contributed by atoms with Crippen LogP contribution in [-0.4, -0.2) is 60.8 Å². The first-order chi connectivity index (χ1) is 18.3. The number of nitrogens with zero attached hydrogens (tertiary/aromatic N) is 2. The number of aryl methyl sites for hydroxylation is 1. The van der Waals surface area contributed by atoms with Gasteiger partial charge in [0.15, 0.2) is 11.6 Å². The fourth-order valence-corrected chi connectivity index (χ4v) is 5.65. The lowest BCUT2D eigenvalue weighted by molar-refractivity contribution is 0.147. The van der Waals surface area contributed by atoms with Crippen LogP contribution < -0.4 is 4.74 Å². The second kappa shape index (κ2) is 12.8. The zero-order valence-corrected chi connectivity index (χ0v) is 23.5. The number of aromatic hydroxyl groups is 1. The lowest BCUT2D eigenvalue weighted by Gasteiger charge is -2.41. The van der Waals surface area contributed by atoms with Gasteiger partial charge in [0.05, 0.1) is 7.11 Å². The fraction of sp³-hybridized carbons (Fsp3) is 0.500. The molecule has 2 aliphatic rings. The molecule has 2 aliphatic carbocycles. The van der Waals surface area contributed by atoms with Crippen LogP contribution >= 0.6 is 0 Å². The van der Waals surface area contributed by atoms with Crippen molar-refractivity contribution in [1.82, 2.24) is 9.80 Å². The maximum absolute atomic E-state index is 15.0. The molecule has 0 saturated heterocycles. The van der Waals surface area contributed by atoms with Gasteiger partial charge in [-0.2, -0.15) is 0 Å². The number of methoxy groups -OCH3 is 1. The standard InChI is InChI=1S/C32H43FN2O3/c1-6-35(21-23-7-14-32(30(33)17-23)38-16-15-34(4)22(2)3)31-20-28(37-5)12-13-29(31)26-9-8-25-19-27(36)11-10-24(25)18-26/h7,10-14,17,19-20,22,26,29,31,36H,6,8-9,15-16,18,21H2,1-5H3/t26-,29?,31?/m1/s1. The van der Waals surface area contributed by atoms with Crippen LogP contribution in [0.4, 0.5) is 4.39 Å². The van der Waals surface area contributed by atoms with Gasteiger partial charge in [-0.25, -0.2) is 4.39 Å². The Hall–Kier alpha value is -2.83. The first-order valence-corrected chi connectivity index (χ1v) is 13.9. The zero-order valence-electron chi connectivity index (χ0n) is 23.5. The number of allylic oxidation sites excluding steroid dienone is 1. The summed E-state index contributed by atoms with van der Waals surface area (Å²) in [6.45, 7) is 9.10. The van der Waals surface area contributed by atoms with E-state index in [1.54, 1.807) is 25.3 Å². The molecule has 0 radical (unpaired) electrons. The molecule has 1 N–H and O–H groups in total. The summed E-state index contributed by atoms with van der Waals surface area (Å²) in [6.07, 6.45) is 9.64. The van der Waals surface area contributed by atoms with E-state index in [4.69, 9.17) is 9.47 Å². The Morgan fingerprint density at radius 2 is 1.95 bits per heavy atom. The van der Waals surface area contributed by atoms with Gasteiger partial charge in [0.2, 0.25) is 0 Å². The van der Waals surface area contributed by atoms with E-state index >= 15 is 0 Å². The summed E-state index contributed by atoms with van der Waals surface area (Å²) in [5.41, 5.74) is 3.51. The Labute approximate surface area is 227 Å². The van der Waals surface area contributed by atoms with E-state index in [2.05, 4.69) is 54.9 Å². The largest absolute Gasteiger partial charge is 0.508 e. The monoisotopic (exact) mass is 522 g/mol. The minimum Gasteiger partial charge on any atom is -0.508 e. The number of benzene rings is 2. The molecule has 0 spiro atoms. The van der Waals surface area contributed by atoms with Gasteiger partial charge in [0, 0.05) is 25.2 Å². The van der Waals surface area contributed by atoms with Gasteiger partial charge in [-0.15, -0.1) is 0 Å². The Morgan fingerprint density at radius 1 is 1.13 bits per heavy atom. The summed E-state index contributed by atoms with van der Waals surface area (Å²) in [7, 11) is 3.75. The predicted molar refractivity (Wildman–Crippen MR) is 151 cm³/mol. The molecule has 0 amide bonds. The second-order valence-electron chi connectivity index (χ2n) is 10.9. The van der Waals surface area contributed by atoms with Crippen LogP contribution in [0.3, 0.4) is 0 Å². The highest BCUT2D eigenvalue weighted by Crippen LogP contribution is 2.38. The molecular weight excluding hydrogens is 479 g/mol. The van der Waals surface area contributed by atoms with Gasteiger partial charge in [-0.1, -0.05) is 25.1 Å². The Kier molecular flexibility index (Phi) is 9.50. The smallest absolute Gasteiger partial charge is 0.165 e. The van der Waals surface area contributed by atoms with Gasteiger partial charge in [-0.05, 0) is 112 Å². The fourth-order valence-electron chi connectivity index (χ4n) is 5.65. The van der Waals surface area contributed by atoms with Crippen LogP contribution in [0, 0.1) is 17.7 Å². The van der Waals surface area contributed by atoms with E-state index in [0.29, 0.717) is 42.5 Å². The highest BCUT2D eigenvalue weighted by atomic mass is 19.1. The molecule has 2 unspecified atom stereocenters. The molecule has 0 fully saturated rings. The van der Waals surface area contributed by atoms with Gasteiger partial charge in [-0.3, -0.25) is 4.90 Å². The summed E-state index contributed by atoms with van der Waals surface area (Å²) >= 11 is 0. The maximum Gasteiger partial charge on any atom is 0.165 e. The van der Waals surface area contributed by atoms with Crippen molar-refractivity contribution in [2.45, 2.75) is 58.7 Å². The minimum absolute atomic E-state index is 0.147. The van der Waals surface area contributed by atoms with E-state index in [1.807, 2.05) is 19.2 Å².